The summed E-state index contributed by atoms with van der Waals surface area (Å²) in [6.45, 7) is 4.37. The molecule has 0 spiro atoms. The van der Waals surface area contributed by atoms with E-state index in [1.54, 1.807) is 0 Å². The van der Waals surface area contributed by atoms with Gasteiger partial charge in [-0.25, -0.2) is 10.1 Å². The first-order chi connectivity index (χ1) is 8.35. The standard InChI is InChI=1S/C13H28O4/c1-3-5-7-8-9-10-12-13(11-6-4-2)15-17-16-14/h13-14H,3-12H2,1-2H3. The van der Waals surface area contributed by atoms with E-state index >= 15 is 0 Å². The van der Waals surface area contributed by atoms with E-state index in [1.165, 1.54) is 32.1 Å². The van der Waals surface area contributed by atoms with E-state index in [0.29, 0.717) is 0 Å². The van der Waals surface area contributed by atoms with E-state index < -0.39 is 0 Å². The molecule has 0 fully saturated rings. The SMILES string of the molecule is CCCCCCCCC(CCCC)OOOO. The predicted molar refractivity (Wildman–Crippen MR) is 67.2 cm³/mol. The lowest BCUT2D eigenvalue weighted by Crippen LogP contribution is -2.13. The fourth-order valence-electron chi connectivity index (χ4n) is 1.90. The Kier molecular flexibility index (Phi) is 13.8. The number of rotatable bonds is 13. The molecule has 1 atom stereocenters. The molecule has 0 radical (unpaired) electrons. The summed E-state index contributed by atoms with van der Waals surface area (Å²) < 4.78 is 0. The third-order valence-corrected chi connectivity index (χ3v) is 2.97. The molecular weight excluding hydrogens is 220 g/mol. The third-order valence-electron chi connectivity index (χ3n) is 2.97. The van der Waals surface area contributed by atoms with Gasteiger partial charge in [-0.1, -0.05) is 65.2 Å². The van der Waals surface area contributed by atoms with Gasteiger partial charge >= 0.3 is 0 Å². The van der Waals surface area contributed by atoms with Crippen LogP contribution >= 0.6 is 0 Å². The molecule has 0 aromatic heterocycles. The summed E-state index contributed by atoms with van der Waals surface area (Å²) in [6, 6.07) is 0. The van der Waals surface area contributed by atoms with Gasteiger partial charge in [-0.15, -0.1) is 0 Å². The molecule has 4 heteroatoms. The molecule has 0 aromatic rings. The molecule has 1 N–H and O–H groups in total. The molecule has 0 saturated heterocycles. The second-order valence-corrected chi connectivity index (χ2v) is 4.56. The Balaban J connectivity index is 3.45. The summed E-state index contributed by atoms with van der Waals surface area (Å²) in [5.74, 6) is 0. The van der Waals surface area contributed by atoms with Gasteiger partial charge in [-0.2, -0.15) is 0 Å². The summed E-state index contributed by atoms with van der Waals surface area (Å²) in [6.07, 6.45) is 11.8. The van der Waals surface area contributed by atoms with Crippen LogP contribution in [-0.4, -0.2) is 11.4 Å². The molecular formula is C13H28O4. The summed E-state index contributed by atoms with van der Waals surface area (Å²) in [4.78, 5) is 4.95. The summed E-state index contributed by atoms with van der Waals surface area (Å²) in [5.41, 5.74) is 0. The van der Waals surface area contributed by atoms with Crippen molar-refractivity contribution in [2.24, 2.45) is 0 Å². The Bertz CT molecular complexity index is 133. The normalized spacial score (nSPS) is 12.9. The maximum absolute atomic E-state index is 8.06. The van der Waals surface area contributed by atoms with Crippen molar-refractivity contribution in [3.8, 4) is 0 Å². The van der Waals surface area contributed by atoms with Crippen molar-refractivity contribution in [1.82, 2.24) is 0 Å². The third kappa shape index (κ3) is 12.1. The van der Waals surface area contributed by atoms with Crippen molar-refractivity contribution >= 4 is 0 Å². The molecule has 0 bridgehead atoms. The largest absolute Gasteiger partial charge is 0.219 e. The van der Waals surface area contributed by atoms with Crippen molar-refractivity contribution in [1.29, 1.82) is 0 Å². The van der Waals surface area contributed by atoms with Crippen LogP contribution in [0.25, 0.3) is 0 Å². The minimum atomic E-state index is 0.0354. The Morgan fingerprint density at radius 2 is 1.41 bits per heavy atom. The van der Waals surface area contributed by atoms with Gasteiger partial charge < -0.3 is 0 Å². The first-order valence-corrected chi connectivity index (χ1v) is 6.98. The van der Waals surface area contributed by atoms with Gasteiger partial charge in [0, 0.05) is 0 Å². The van der Waals surface area contributed by atoms with Gasteiger partial charge in [-0.05, 0) is 22.9 Å². The predicted octanol–water partition coefficient (Wildman–Crippen LogP) is 4.65. The van der Waals surface area contributed by atoms with Gasteiger partial charge in [0.05, 0.1) is 6.10 Å². The lowest BCUT2D eigenvalue weighted by Gasteiger charge is -2.13. The molecule has 4 nitrogen and oxygen atoms in total. The van der Waals surface area contributed by atoms with Crippen molar-refractivity contribution in [2.45, 2.75) is 84.2 Å². The van der Waals surface area contributed by atoms with Crippen LogP contribution in [0.15, 0.2) is 0 Å². The molecule has 0 aromatic carbocycles. The van der Waals surface area contributed by atoms with Crippen molar-refractivity contribution in [3.05, 3.63) is 0 Å². The topological polar surface area (TPSA) is 47.9 Å². The lowest BCUT2D eigenvalue weighted by atomic mass is 10.0. The van der Waals surface area contributed by atoms with E-state index in [4.69, 9.17) is 10.1 Å². The summed E-state index contributed by atoms with van der Waals surface area (Å²) in [5, 5.41) is 15.7. The van der Waals surface area contributed by atoms with Gasteiger partial charge in [0.15, 0.2) is 0 Å². The highest BCUT2D eigenvalue weighted by atomic mass is 17.6. The Hall–Kier alpha value is -0.160. The summed E-state index contributed by atoms with van der Waals surface area (Å²) >= 11 is 0. The van der Waals surface area contributed by atoms with Crippen molar-refractivity contribution < 1.29 is 20.2 Å². The average molecular weight is 248 g/mol. The van der Waals surface area contributed by atoms with Crippen LogP contribution in [0.5, 0.6) is 0 Å². The molecule has 104 valence electrons. The number of hydrogen-bond acceptors (Lipinski definition) is 4. The molecule has 0 heterocycles. The van der Waals surface area contributed by atoms with Crippen LogP contribution in [-0.2, 0) is 15.0 Å². The average Bonchev–Trinajstić information content (AvgIpc) is 2.35. The highest BCUT2D eigenvalue weighted by molar-refractivity contribution is 4.57. The fraction of sp³-hybridized carbons (Fsp3) is 1.00. The fourth-order valence-corrected chi connectivity index (χ4v) is 1.90. The second-order valence-electron chi connectivity index (χ2n) is 4.56. The minimum absolute atomic E-state index is 0.0354. The van der Waals surface area contributed by atoms with E-state index in [0.717, 1.165) is 32.1 Å². The monoisotopic (exact) mass is 248 g/mol. The maximum Gasteiger partial charge on any atom is 0.0962 e. The van der Waals surface area contributed by atoms with Crippen LogP contribution in [0.3, 0.4) is 0 Å². The summed E-state index contributed by atoms with van der Waals surface area (Å²) in [7, 11) is 0. The van der Waals surface area contributed by atoms with Crippen molar-refractivity contribution in [2.75, 3.05) is 0 Å². The quantitative estimate of drug-likeness (QED) is 0.293. The smallest absolute Gasteiger partial charge is 0.0962 e. The molecule has 0 amide bonds. The number of hydrogen-bond donors (Lipinski definition) is 1. The molecule has 0 aliphatic carbocycles. The molecule has 0 rings (SSSR count). The Labute approximate surface area is 105 Å². The van der Waals surface area contributed by atoms with Gasteiger partial charge in [0.1, 0.15) is 0 Å². The minimum Gasteiger partial charge on any atom is -0.219 e. The number of unbranched alkanes of at least 4 members (excludes halogenated alkanes) is 6. The van der Waals surface area contributed by atoms with Gasteiger partial charge in [0.25, 0.3) is 0 Å². The zero-order valence-corrected chi connectivity index (χ0v) is 11.3. The van der Waals surface area contributed by atoms with Crippen molar-refractivity contribution in [3.63, 3.8) is 0 Å². The van der Waals surface area contributed by atoms with E-state index in [9.17, 15) is 0 Å². The molecule has 0 saturated carbocycles. The Morgan fingerprint density at radius 3 is 2.06 bits per heavy atom. The van der Waals surface area contributed by atoms with Gasteiger partial charge in [-0.3, -0.25) is 0 Å². The van der Waals surface area contributed by atoms with Crippen LogP contribution in [0.2, 0.25) is 0 Å². The molecule has 1 unspecified atom stereocenters. The molecule has 17 heavy (non-hydrogen) atoms. The van der Waals surface area contributed by atoms with Gasteiger partial charge in [0.2, 0.25) is 0 Å². The van der Waals surface area contributed by atoms with Crippen LogP contribution in [0.1, 0.15) is 78.1 Å². The molecule has 0 aliphatic rings. The van der Waals surface area contributed by atoms with Crippen LogP contribution in [0.4, 0.5) is 0 Å². The zero-order valence-electron chi connectivity index (χ0n) is 11.3. The van der Waals surface area contributed by atoms with E-state index in [-0.39, 0.29) is 6.10 Å². The lowest BCUT2D eigenvalue weighted by molar-refractivity contribution is -0.632. The van der Waals surface area contributed by atoms with E-state index in [2.05, 4.69) is 23.9 Å². The Morgan fingerprint density at radius 1 is 0.824 bits per heavy atom. The van der Waals surface area contributed by atoms with E-state index in [1.807, 2.05) is 0 Å². The van der Waals surface area contributed by atoms with Crippen LogP contribution in [0, 0.1) is 0 Å². The highest BCUT2D eigenvalue weighted by Crippen LogP contribution is 2.15. The zero-order chi connectivity index (χ0) is 12.8. The highest BCUT2D eigenvalue weighted by Gasteiger charge is 2.10. The maximum atomic E-state index is 8.06. The van der Waals surface area contributed by atoms with Crippen LogP contribution < -0.4 is 0 Å². The first kappa shape index (κ1) is 16.8. The second kappa shape index (κ2) is 13.9. The first-order valence-electron chi connectivity index (χ1n) is 6.98. The molecule has 0 aliphatic heterocycles.